The average molecular weight is 457 g/mol. The zero-order valence-electron chi connectivity index (χ0n) is 18.0. The van der Waals surface area contributed by atoms with Gasteiger partial charge >= 0.3 is 17.9 Å². The molecule has 1 aromatic heterocycles. The molecule has 0 bridgehead atoms. The average Bonchev–Trinajstić information content (AvgIpc) is 3.40. The molecule has 0 aliphatic carbocycles. The van der Waals surface area contributed by atoms with E-state index in [0.717, 1.165) is 10.2 Å². The van der Waals surface area contributed by atoms with E-state index in [1.54, 1.807) is 0 Å². The summed E-state index contributed by atoms with van der Waals surface area (Å²) in [4.78, 5) is 51.3. The molecule has 33 heavy (non-hydrogen) atoms. The van der Waals surface area contributed by atoms with Crippen molar-refractivity contribution >= 4 is 23.8 Å². The SMILES string of the molecule is Cn1ncc(C(=O)N2CCC(N3C(=O)OCC3C(=O)OCc3ccccc3)CC2)c1[N+](=O)[O-]. The van der Waals surface area contributed by atoms with E-state index in [1.165, 1.54) is 23.0 Å². The second-order valence-corrected chi connectivity index (χ2v) is 7.88. The van der Waals surface area contributed by atoms with Crippen LogP contribution >= 0.6 is 0 Å². The molecule has 1 aromatic carbocycles. The van der Waals surface area contributed by atoms with Crippen LogP contribution in [0, 0.1) is 10.1 Å². The Morgan fingerprint density at radius 2 is 1.94 bits per heavy atom. The van der Waals surface area contributed by atoms with Crippen LogP contribution in [0.3, 0.4) is 0 Å². The number of hydrogen-bond acceptors (Lipinski definition) is 8. The van der Waals surface area contributed by atoms with Crippen LogP contribution in [0.5, 0.6) is 0 Å². The number of nitrogens with zero attached hydrogens (tertiary/aromatic N) is 5. The maximum atomic E-state index is 12.8. The predicted octanol–water partition coefficient (Wildman–Crippen LogP) is 1.50. The third-order valence-electron chi connectivity index (χ3n) is 5.86. The minimum Gasteiger partial charge on any atom is -0.459 e. The maximum absolute atomic E-state index is 12.8. The monoisotopic (exact) mass is 457 g/mol. The Hall–Kier alpha value is -3.96. The third kappa shape index (κ3) is 4.49. The molecule has 4 rings (SSSR count). The first-order valence-electron chi connectivity index (χ1n) is 10.5. The lowest BCUT2D eigenvalue weighted by atomic mass is 10.0. The van der Waals surface area contributed by atoms with Crippen LogP contribution in [0.25, 0.3) is 0 Å². The van der Waals surface area contributed by atoms with Crippen LogP contribution in [-0.2, 0) is 27.9 Å². The number of amides is 2. The van der Waals surface area contributed by atoms with Crippen LogP contribution in [0.15, 0.2) is 36.5 Å². The highest BCUT2D eigenvalue weighted by atomic mass is 16.6. The topological polar surface area (TPSA) is 137 Å². The summed E-state index contributed by atoms with van der Waals surface area (Å²) in [6, 6.07) is 8.04. The van der Waals surface area contributed by atoms with Gasteiger partial charge in [0.15, 0.2) is 11.6 Å². The fraction of sp³-hybridized carbons (Fsp3) is 0.429. The van der Waals surface area contributed by atoms with Crippen LogP contribution in [0.1, 0.15) is 28.8 Å². The second-order valence-electron chi connectivity index (χ2n) is 7.88. The molecular formula is C21H23N5O7. The van der Waals surface area contributed by atoms with Gasteiger partial charge in [-0.05, 0) is 23.3 Å². The van der Waals surface area contributed by atoms with E-state index >= 15 is 0 Å². The van der Waals surface area contributed by atoms with E-state index in [-0.39, 0.29) is 43.7 Å². The number of hydrogen-bond donors (Lipinski definition) is 0. The molecule has 12 nitrogen and oxygen atoms in total. The molecule has 2 aliphatic rings. The Kier molecular flexibility index (Phi) is 6.24. The number of likely N-dealkylation sites (tertiary alicyclic amines) is 1. The summed E-state index contributed by atoms with van der Waals surface area (Å²) in [6.45, 7) is 0.540. The molecule has 1 atom stereocenters. The highest BCUT2D eigenvalue weighted by Gasteiger charge is 2.44. The molecule has 0 saturated carbocycles. The first kappa shape index (κ1) is 22.2. The summed E-state index contributed by atoms with van der Waals surface area (Å²) >= 11 is 0. The molecule has 2 aliphatic heterocycles. The Morgan fingerprint density at radius 1 is 1.24 bits per heavy atom. The van der Waals surface area contributed by atoms with Crippen molar-refractivity contribution in [3.8, 4) is 0 Å². The molecule has 0 spiro atoms. The third-order valence-corrected chi connectivity index (χ3v) is 5.86. The number of benzene rings is 1. The van der Waals surface area contributed by atoms with Crippen LogP contribution in [0.4, 0.5) is 10.6 Å². The normalized spacial score (nSPS) is 18.8. The maximum Gasteiger partial charge on any atom is 0.410 e. The summed E-state index contributed by atoms with van der Waals surface area (Å²) in [6.07, 6.45) is 1.39. The van der Waals surface area contributed by atoms with Gasteiger partial charge in [-0.3, -0.25) is 9.69 Å². The van der Waals surface area contributed by atoms with Crippen molar-refractivity contribution in [2.75, 3.05) is 19.7 Å². The molecule has 3 heterocycles. The minimum absolute atomic E-state index is 0.0797. The number of piperidine rings is 1. The number of aryl methyl sites for hydroxylation is 1. The van der Waals surface area contributed by atoms with Gasteiger partial charge < -0.3 is 24.5 Å². The fourth-order valence-electron chi connectivity index (χ4n) is 4.16. The standard InChI is InChI=1S/C21H23N5O7/c1-23-18(26(30)31)16(11-22-23)19(27)24-9-7-15(8-10-24)25-17(13-33-21(25)29)20(28)32-12-14-5-3-2-4-6-14/h2-6,11,15,17H,7-10,12-13H2,1H3. The van der Waals surface area contributed by atoms with Gasteiger partial charge in [0.25, 0.3) is 5.91 Å². The van der Waals surface area contributed by atoms with Gasteiger partial charge in [-0.25, -0.2) is 9.59 Å². The molecule has 2 fully saturated rings. The number of aromatic nitrogens is 2. The number of cyclic esters (lactones) is 1. The summed E-state index contributed by atoms with van der Waals surface area (Å²) in [5.74, 6) is -1.41. The lowest BCUT2D eigenvalue weighted by molar-refractivity contribution is -0.392. The van der Waals surface area contributed by atoms with Crippen LogP contribution in [-0.4, -0.2) is 74.3 Å². The zero-order valence-corrected chi connectivity index (χ0v) is 18.0. The fourth-order valence-corrected chi connectivity index (χ4v) is 4.16. The lowest BCUT2D eigenvalue weighted by Crippen LogP contribution is -2.52. The molecular weight excluding hydrogens is 434 g/mol. The summed E-state index contributed by atoms with van der Waals surface area (Å²) in [5.41, 5.74) is 0.753. The van der Waals surface area contributed by atoms with Crippen molar-refractivity contribution in [1.82, 2.24) is 19.6 Å². The molecule has 2 saturated heterocycles. The largest absolute Gasteiger partial charge is 0.459 e. The van der Waals surface area contributed by atoms with E-state index < -0.39 is 28.9 Å². The van der Waals surface area contributed by atoms with Crippen molar-refractivity contribution in [1.29, 1.82) is 0 Å². The summed E-state index contributed by atoms with van der Waals surface area (Å²) in [7, 11) is 1.40. The molecule has 174 valence electrons. The zero-order chi connectivity index (χ0) is 23.5. The highest BCUT2D eigenvalue weighted by Crippen LogP contribution is 2.27. The van der Waals surface area contributed by atoms with Gasteiger partial charge in [0, 0.05) is 19.1 Å². The molecule has 2 aromatic rings. The summed E-state index contributed by atoms with van der Waals surface area (Å²) < 4.78 is 11.5. The second kappa shape index (κ2) is 9.27. The van der Waals surface area contributed by atoms with E-state index in [1.807, 2.05) is 30.3 Å². The Morgan fingerprint density at radius 3 is 2.61 bits per heavy atom. The van der Waals surface area contributed by atoms with Gasteiger partial charge in [0.2, 0.25) is 0 Å². The summed E-state index contributed by atoms with van der Waals surface area (Å²) in [5, 5.41) is 15.1. The number of carbonyl (C=O) groups is 3. The van der Waals surface area contributed by atoms with Crippen molar-refractivity contribution in [2.24, 2.45) is 7.05 Å². The van der Waals surface area contributed by atoms with Crippen molar-refractivity contribution in [3.05, 3.63) is 57.8 Å². The van der Waals surface area contributed by atoms with Gasteiger partial charge in [0.05, 0.1) is 6.20 Å². The number of rotatable bonds is 6. The van der Waals surface area contributed by atoms with E-state index in [9.17, 15) is 24.5 Å². The minimum atomic E-state index is -0.854. The molecule has 0 N–H and O–H groups in total. The first-order valence-corrected chi connectivity index (χ1v) is 10.5. The van der Waals surface area contributed by atoms with Crippen LogP contribution < -0.4 is 0 Å². The Balaban J connectivity index is 1.38. The Bertz CT molecular complexity index is 1060. The molecule has 0 radical (unpaired) electrons. The number of esters is 1. The van der Waals surface area contributed by atoms with Crippen molar-refractivity contribution < 1.29 is 28.8 Å². The first-order chi connectivity index (χ1) is 15.9. The highest BCUT2D eigenvalue weighted by molar-refractivity contribution is 5.97. The van der Waals surface area contributed by atoms with Gasteiger partial charge in [-0.2, -0.15) is 0 Å². The van der Waals surface area contributed by atoms with Gasteiger partial charge in [-0.15, -0.1) is 4.68 Å². The van der Waals surface area contributed by atoms with E-state index in [2.05, 4.69) is 5.10 Å². The van der Waals surface area contributed by atoms with Crippen LogP contribution in [0.2, 0.25) is 0 Å². The molecule has 1 unspecified atom stereocenters. The smallest absolute Gasteiger partial charge is 0.410 e. The van der Waals surface area contributed by atoms with Crippen molar-refractivity contribution in [2.45, 2.75) is 31.5 Å². The molecule has 2 amide bonds. The van der Waals surface area contributed by atoms with E-state index in [0.29, 0.717) is 12.8 Å². The van der Waals surface area contributed by atoms with E-state index in [4.69, 9.17) is 9.47 Å². The Labute approximate surface area is 188 Å². The number of carbonyl (C=O) groups excluding carboxylic acids is 3. The quantitative estimate of drug-likeness (QED) is 0.361. The van der Waals surface area contributed by atoms with Crippen molar-refractivity contribution in [3.63, 3.8) is 0 Å². The van der Waals surface area contributed by atoms with Gasteiger partial charge in [-0.1, -0.05) is 35.4 Å². The number of ether oxygens (including phenoxy) is 2. The molecule has 12 heteroatoms. The number of nitro groups is 1. The lowest BCUT2D eigenvalue weighted by Gasteiger charge is -2.37. The van der Waals surface area contributed by atoms with Gasteiger partial charge in [0.1, 0.15) is 20.3 Å². The predicted molar refractivity (Wildman–Crippen MR) is 112 cm³/mol.